The molecule has 0 unspecified atom stereocenters. The molecule has 0 aliphatic rings. The SMILES string of the molecule is Cc1snc2ccc(CO)cc12. The summed E-state index contributed by atoms with van der Waals surface area (Å²) in [5.74, 6) is 0. The van der Waals surface area contributed by atoms with Gasteiger partial charge in [0, 0.05) is 10.3 Å². The number of aliphatic hydroxyl groups excluding tert-OH is 1. The van der Waals surface area contributed by atoms with Gasteiger partial charge in [0.25, 0.3) is 0 Å². The van der Waals surface area contributed by atoms with Crippen LogP contribution in [0.15, 0.2) is 18.2 Å². The van der Waals surface area contributed by atoms with Crippen LogP contribution in [0, 0.1) is 6.92 Å². The van der Waals surface area contributed by atoms with Crippen molar-refractivity contribution in [2.45, 2.75) is 13.5 Å². The molecular weight excluding hydrogens is 170 g/mol. The molecule has 0 radical (unpaired) electrons. The number of nitrogens with zero attached hydrogens (tertiary/aromatic N) is 1. The minimum atomic E-state index is 0.102. The molecule has 1 heterocycles. The molecule has 0 fully saturated rings. The standard InChI is InChI=1S/C9H9NOS/c1-6-8-4-7(5-11)2-3-9(8)10-12-6/h2-4,11H,5H2,1H3. The monoisotopic (exact) mass is 179 g/mol. The third kappa shape index (κ3) is 1.11. The van der Waals surface area contributed by atoms with Crippen LogP contribution in [0.2, 0.25) is 0 Å². The summed E-state index contributed by atoms with van der Waals surface area (Å²) in [6, 6.07) is 5.85. The van der Waals surface area contributed by atoms with E-state index in [9.17, 15) is 0 Å². The number of aryl methyl sites for hydroxylation is 1. The van der Waals surface area contributed by atoms with Crippen LogP contribution in [0.3, 0.4) is 0 Å². The lowest BCUT2D eigenvalue weighted by atomic mass is 10.1. The fraction of sp³-hybridized carbons (Fsp3) is 0.222. The minimum Gasteiger partial charge on any atom is -0.392 e. The topological polar surface area (TPSA) is 33.1 Å². The van der Waals surface area contributed by atoms with Gasteiger partial charge in [-0.25, -0.2) is 0 Å². The van der Waals surface area contributed by atoms with Crippen molar-refractivity contribution in [3.05, 3.63) is 28.6 Å². The molecule has 0 amide bonds. The summed E-state index contributed by atoms with van der Waals surface area (Å²) in [5.41, 5.74) is 1.97. The van der Waals surface area contributed by atoms with Gasteiger partial charge in [-0.05, 0) is 36.2 Å². The second kappa shape index (κ2) is 2.84. The maximum absolute atomic E-state index is 8.91. The Labute approximate surface area is 74.6 Å². The lowest BCUT2D eigenvalue weighted by Crippen LogP contribution is -1.81. The first kappa shape index (κ1) is 7.71. The number of fused-ring (bicyclic) bond motifs is 1. The van der Waals surface area contributed by atoms with Crippen molar-refractivity contribution < 1.29 is 5.11 Å². The Morgan fingerprint density at radius 3 is 3.08 bits per heavy atom. The van der Waals surface area contributed by atoms with E-state index in [0.717, 1.165) is 16.5 Å². The summed E-state index contributed by atoms with van der Waals surface area (Å²) in [7, 11) is 0. The van der Waals surface area contributed by atoms with Gasteiger partial charge in [-0.1, -0.05) is 6.07 Å². The molecular formula is C9H9NOS. The molecule has 2 rings (SSSR count). The molecule has 0 aliphatic heterocycles. The van der Waals surface area contributed by atoms with E-state index < -0.39 is 0 Å². The Hall–Kier alpha value is -0.930. The molecule has 0 atom stereocenters. The largest absolute Gasteiger partial charge is 0.392 e. The highest BCUT2D eigenvalue weighted by molar-refractivity contribution is 7.07. The average molecular weight is 179 g/mol. The minimum absolute atomic E-state index is 0.102. The molecule has 1 aromatic heterocycles. The number of aromatic nitrogens is 1. The van der Waals surface area contributed by atoms with Gasteiger partial charge in [0.2, 0.25) is 0 Å². The quantitative estimate of drug-likeness (QED) is 0.727. The summed E-state index contributed by atoms with van der Waals surface area (Å²) < 4.78 is 4.25. The highest BCUT2D eigenvalue weighted by Gasteiger charge is 2.01. The third-order valence-corrected chi connectivity index (χ3v) is 2.69. The molecule has 0 aliphatic carbocycles. The van der Waals surface area contributed by atoms with Gasteiger partial charge in [-0.3, -0.25) is 0 Å². The molecule has 1 aromatic carbocycles. The predicted octanol–water partition coefficient (Wildman–Crippen LogP) is 2.10. The van der Waals surface area contributed by atoms with Crippen LogP contribution in [-0.2, 0) is 6.61 Å². The van der Waals surface area contributed by atoms with E-state index in [2.05, 4.69) is 4.37 Å². The summed E-state index contributed by atoms with van der Waals surface area (Å²) in [6.45, 7) is 2.15. The number of aliphatic hydroxyl groups is 1. The second-order valence-electron chi connectivity index (χ2n) is 2.75. The highest BCUT2D eigenvalue weighted by Crippen LogP contribution is 2.22. The Kier molecular flexibility index (Phi) is 1.83. The maximum Gasteiger partial charge on any atom is 0.0843 e. The first-order valence-electron chi connectivity index (χ1n) is 3.77. The van der Waals surface area contributed by atoms with Gasteiger partial charge in [0.1, 0.15) is 0 Å². The first-order chi connectivity index (χ1) is 5.81. The molecule has 62 valence electrons. The van der Waals surface area contributed by atoms with E-state index in [0.29, 0.717) is 0 Å². The van der Waals surface area contributed by atoms with Crippen LogP contribution in [0.4, 0.5) is 0 Å². The molecule has 0 saturated heterocycles. The third-order valence-electron chi connectivity index (χ3n) is 1.90. The number of hydrogen-bond acceptors (Lipinski definition) is 3. The summed E-state index contributed by atoms with van der Waals surface area (Å²) >= 11 is 1.51. The zero-order valence-electron chi connectivity index (χ0n) is 6.74. The number of benzene rings is 1. The van der Waals surface area contributed by atoms with E-state index in [-0.39, 0.29) is 6.61 Å². The first-order valence-corrected chi connectivity index (χ1v) is 4.54. The molecule has 2 aromatic rings. The van der Waals surface area contributed by atoms with Crippen molar-refractivity contribution in [3.8, 4) is 0 Å². The van der Waals surface area contributed by atoms with Crippen molar-refractivity contribution in [2.75, 3.05) is 0 Å². The fourth-order valence-corrected chi connectivity index (χ4v) is 1.87. The van der Waals surface area contributed by atoms with Crippen LogP contribution in [-0.4, -0.2) is 9.48 Å². The van der Waals surface area contributed by atoms with Crippen LogP contribution in [0.5, 0.6) is 0 Å². The molecule has 0 spiro atoms. The van der Waals surface area contributed by atoms with Gasteiger partial charge in [-0.2, -0.15) is 4.37 Å². The van der Waals surface area contributed by atoms with Gasteiger partial charge in [0.05, 0.1) is 12.1 Å². The van der Waals surface area contributed by atoms with E-state index in [4.69, 9.17) is 5.11 Å². The fourth-order valence-electron chi connectivity index (χ4n) is 1.21. The van der Waals surface area contributed by atoms with Crippen molar-refractivity contribution in [3.63, 3.8) is 0 Å². The number of hydrogen-bond donors (Lipinski definition) is 1. The molecule has 3 heteroatoms. The highest BCUT2D eigenvalue weighted by atomic mass is 32.1. The average Bonchev–Trinajstić information content (AvgIpc) is 2.47. The zero-order chi connectivity index (χ0) is 8.55. The van der Waals surface area contributed by atoms with E-state index in [1.54, 1.807) is 0 Å². The summed E-state index contributed by atoms with van der Waals surface area (Å²) in [4.78, 5) is 1.21. The van der Waals surface area contributed by atoms with Gasteiger partial charge in [-0.15, -0.1) is 0 Å². The van der Waals surface area contributed by atoms with Gasteiger partial charge < -0.3 is 5.11 Å². The normalized spacial score (nSPS) is 10.8. The van der Waals surface area contributed by atoms with E-state index >= 15 is 0 Å². The van der Waals surface area contributed by atoms with Crippen molar-refractivity contribution in [2.24, 2.45) is 0 Å². The molecule has 12 heavy (non-hydrogen) atoms. The predicted molar refractivity (Wildman–Crippen MR) is 50.3 cm³/mol. The lowest BCUT2D eigenvalue weighted by Gasteiger charge is -1.94. The van der Waals surface area contributed by atoms with Crippen LogP contribution in [0.1, 0.15) is 10.4 Å². The second-order valence-corrected chi connectivity index (χ2v) is 3.73. The number of rotatable bonds is 1. The molecule has 0 saturated carbocycles. The summed E-state index contributed by atoms with van der Waals surface area (Å²) in [6.07, 6.45) is 0. The Morgan fingerprint density at radius 2 is 2.33 bits per heavy atom. The van der Waals surface area contributed by atoms with Crippen LogP contribution < -0.4 is 0 Å². The molecule has 2 nitrogen and oxygen atoms in total. The van der Waals surface area contributed by atoms with Crippen LogP contribution >= 0.6 is 11.5 Å². The lowest BCUT2D eigenvalue weighted by molar-refractivity contribution is 0.282. The maximum atomic E-state index is 8.91. The zero-order valence-corrected chi connectivity index (χ0v) is 7.56. The Morgan fingerprint density at radius 1 is 1.50 bits per heavy atom. The van der Waals surface area contributed by atoms with Gasteiger partial charge in [0.15, 0.2) is 0 Å². The van der Waals surface area contributed by atoms with Crippen molar-refractivity contribution in [1.29, 1.82) is 0 Å². The van der Waals surface area contributed by atoms with Crippen molar-refractivity contribution >= 4 is 22.4 Å². The summed E-state index contributed by atoms with van der Waals surface area (Å²) in [5, 5.41) is 10.1. The Balaban J connectivity index is 2.71. The van der Waals surface area contributed by atoms with E-state index in [1.165, 1.54) is 16.4 Å². The molecule has 0 bridgehead atoms. The molecule has 1 N–H and O–H groups in total. The van der Waals surface area contributed by atoms with Crippen molar-refractivity contribution in [1.82, 2.24) is 4.37 Å². The van der Waals surface area contributed by atoms with Gasteiger partial charge >= 0.3 is 0 Å². The smallest absolute Gasteiger partial charge is 0.0843 e. The van der Waals surface area contributed by atoms with E-state index in [1.807, 2.05) is 25.1 Å². The van der Waals surface area contributed by atoms with Crippen LogP contribution in [0.25, 0.3) is 10.9 Å². The Bertz CT molecular complexity index is 408.